The van der Waals surface area contributed by atoms with E-state index in [-0.39, 0.29) is 5.96 Å². The largest absolute Gasteiger partial charge is 0.391 e. The van der Waals surface area contributed by atoms with E-state index in [1.807, 2.05) is 6.26 Å². The minimum atomic E-state index is -0.436. The molecule has 0 bridgehead atoms. The average Bonchev–Trinajstić information content (AvgIpc) is 2.00. The Bertz CT molecular complexity index is 148. The molecule has 0 aromatic carbocycles. The first kappa shape index (κ1) is 11.6. The molecule has 0 amide bonds. The first-order valence-corrected chi connectivity index (χ1v) is 5.11. The lowest BCUT2D eigenvalue weighted by molar-refractivity contribution is 0.174. The minimum Gasteiger partial charge on any atom is -0.391 e. The molecule has 5 N–H and O–H groups in total. The fraction of sp³-hybridized carbons (Fsp3) is 0.857. The number of aliphatic hydroxyl groups excluding tert-OH is 1. The van der Waals surface area contributed by atoms with Gasteiger partial charge in [-0.3, -0.25) is 4.99 Å². The molecule has 12 heavy (non-hydrogen) atoms. The van der Waals surface area contributed by atoms with Crippen molar-refractivity contribution >= 4 is 17.7 Å². The smallest absolute Gasteiger partial charge is 0.185 e. The second kappa shape index (κ2) is 6.14. The maximum Gasteiger partial charge on any atom is 0.185 e. The number of thioether (sulfide) groups is 1. The van der Waals surface area contributed by atoms with Crippen LogP contribution < -0.4 is 11.5 Å². The number of hydrogen-bond acceptors (Lipinski definition) is 3. The Morgan fingerprint density at radius 3 is 2.58 bits per heavy atom. The quantitative estimate of drug-likeness (QED) is 0.414. The lowest BCUT2D eigenvalue weighted by atomic mass is 10.2. The van der Waals surface area contributed by atoms with Crippen molar-refractivity contribution in [1.82, 2.24) is 0 Å². The Morgan fingerprint density at radius 1 is 1.58 bits per heavy atom. The van der Waals surface area contributed by atoms with Crippen LogP contribution in [0.2, 0.25) is 0 Å². The van der Waals surface area contributed by atoms with Gasteiger partial charge in [-0.05, 0) is 12.7 Å². The maximum absolute atomic E-state index is 9.37. The van der Waals surface area contributed by atoms with Gasteiger partial charge in [0.2, 0.25) is 0 Å². The second-order valence-electron chi connectivity index (χ2n) is 2.70. The Balaban J connectivity index is 3.59. The van der Waals surface area contributed by atoms with Gasteiger partial charge in [0, 0.05) is 5.25 Å². The summed E-state index contributed by atoms with van der Waals surface area (Å²) in [5, 5.41) is 9.81. The molecule has 2 atom stereocenters. The highest BCUT2D eigenvalue weighted by atomic mass is 32.2. The highest BCUT2D eigenvalue weighted by Gasteiger charge is 2.08. The third-order valence-electron chi connectivity index (χ3n) is 1.49. The lowest BCUT2D eigenvalue weighted by Gasteiger charge is -2.12. The first-order chi connectivity index (χ1) is 5.56. The van der Waals surface area contributed by atoms with Crippen LogP contribution in [0.15, 0.2) is 4.99 Å². The minimum absolute atomic E-state index is 0.0332. The van der Waals surface area contributed by atoms with Crippen molar-refractivity contribution in [1.29, 1.82) is 0 Å². The number of aliphatic hydroxyl groups is 1. The summed E-state index contributed by atoms with van der Waals surface area (Å²) in [5.41, 5.74) is 10.2. The van der Waals surface area contributed by atoms with Crippen LogP contribution in [-0.2, 0) is 0 Å². The van der Waals surface area contributed by atoms with Crippen LogP contribution in [0.5, 0.6) is 0 Å². The number of rotatable bonds is 5. The monoisotopic (exact) mass is 191 g/mol. The molecule has 0 aliphatic rings. The topological polar surface area (TPSA) is 84.6 Å². The number of nitrogens with zero attached hydrogens (tertiary/aromatic N) is 1. The summed E-state index contributed by atoms with van der Waals surface area (Å²) in [7, 11) is 0. The zero-order valence-electron chi connectivity index (χ0n) is 7.53. The van der Waals surface area contributed by atoms with E-state index < -0.39 is 6.10 Å². The van der Waals surface area contributed by atoms with Crippen molar-refractivity contribution in [2.24, 2.45) is 16.5 Å². The fourth-order valence-electron chi connectivity index (χ4n) is 0.765. The summed E-state index contributed by atoms with van der Waals surface area (Å²) >= 11 is 1.72. The van der Waals surface area contributed by atoms with E-state index in [0.717, 1.165) is 6.42 Å². The molecule has 4 nitrogen and oxygen atoms in total. The molecule has 0 saturated carbocycles. The van der Waals surface area contributed by atoms with Gasteiger partial charge in [0.05, 0.1) is 12.6 Å². The van der Waals surface area contributed by atoms with Crippen molar-refractivity contribution in [2.75, 3.05) is 12.8 Å². The van der Waals surface area contributed by atoms with Crippen LogP contribution in [0.1, 0.15) is 13.3 Å². The van der Waals surface area contributed by atoms with E-state index in [4.69, 9.17) is 11.5 Å². The van der Waals surface area contributed by atoms with Gasteiger partial charge in [-0.2, -0.15) is 11.8 Å². The molecule has 0 heterocycles. The summed E-state index contributed by atoms with van der Waals surface area (Å²) < 4.78 is 0. The van der Waals surface area contributed by atoms with Gasteiger partial charge in [0.25, 0.3) is 0 Å². The molecule has 0 saturated heterocycles. The van der Waals surface area contributed by atoms with Crippen molar-refractivity contribution in [3.63, 3.8) is 0 Å². The van der Waals surface area contributed by atoms with Gasteiger partial charge < -0.3 is 16.6 Å². The molecule has 0 rings (SSSR count). The first-order valence-electron chi connectivity index (χ1n) is 3.82. The van der Waals surface area contributed by atoms with E-state index in [9.17, 15) is 5.11 Å². The van der Waals surface area contributed by atoms with Crippen LogP contribution in [-0.4, -0.2) is 35.2 Å². The van der Waals surface area contributed by atoms with Crippen LogP contribution in [0.4, 0.5) is 0 Å². The normalized spacial score (nSPS) is 15.2. The summed E-state index contributed by atoms with van der Waals surface area (Å²) in [6, 6.07) is 0. The molecule has 0 radical (unpaired) electrons. The van der Waals surface area contributed by atoms with Gasteiger partial charge in [0.15, 0.2) is 5.96 Å². The van der Waals surface area contributed by atoms with Crippen molar-refractivity contribution < 1.29 is 5.11 Å². The third kappa shape index (κ3) is 6.30. The molecule has 72 valence electrons. The Morgan fingerprint density at radius 2 is 2.17 bits per heavy atom. The van der Waals surface area contributed by atoms with E-state index in [1.165, 1.54) is 0 Å². The molecular formula is C7H17N3OS. The standard InChI is InChI=1S/C7H17N3OS/c1-5(12-2)3-6(11)4-10-7(8)9/h5-6,11H,3-4H2,1-2H3,(H4,8,9,10). The number of aliphatic imine (C=N–C) groups is 1. The molecule has 0 fully saturated rings. The maximum atomic E-state index is 9.37. The Labute approximate surface area is 77.4 Å². The fourth-order valence-corrected chi connectivity index (χ4v) is 1.18. The predicted octanol–water partition coefficient (Wildman–Crippen LogP) is -0.238. The zero-order chi connectivity index (χ0) is 9.56. The predicted molar refractivity (Wildman–Crippen MR) is 54.3 cm³/mol. The molecule has 0 aliphatic heterocycles. The molecule has 0 spiro atoms. The van der Waals surface area contributed by atoms with E-state index in [0.29, 0.717) is 11.8 Å². The summed E-state index contributed by atoms with van der Waals surface area (Å²) in [4.78, 5) is 3.72. The van der Waals surface area contributed by atoms with Crippen LogP contribution in [0.25, 0.3) is 0 Å². The Hall–Kier alpha value is -0.420. The number of nitrogens with two attached hydrogens (primary N) is 2. The van der Waals surface area contributed by atoms with Crippen molar-refractivity contribution in [3.8, 4) is 0 Å². The van der Waals surface area contributed by atoms with Gasteiger partial charge in [-0.25, -0.2) is 0 Å². The van der Waals surface area contributed by atoms with E-state index in [2.05, 4.69) is 11.9 Å². The molecular weight excluding hydrogens is 174 g/mol. The number of hydrogen-bond donors (Lipinski definition) is 3. The van der Waals surface area contributed by atoms with Crippen molar-refractivity contribution in [3.05, 3.63) is 0 Å². The molecule has 0 aromatic heterocycles. The van der Waals surface area contributed by atoms with Gasteiger partial charge in [-0.15, -0.1) is 0 Å². The third-order valence-corrected chi connectivity index (χ3v) is 2.49. The van der Waals surface area contributed by atoms with Crippen LogP contribution in [0.3, 0.4) is 0 Å². The van der Waals surface area contributed by atoms with E-state index >= 15 is 0 Å². The van der Waals surface area contributed by atoms with Crippen molar-refractivity contribution in [2.45, 2.75) is 24.7 Å². The summed E-state index contributed by atoms with van der Waals surface area (Å²) in [6.07, 6.45) is 2.30. The number of guanidine groups is 1. The summed E-state index contributed by atoms with van der Waals surface area (Å²) in [5.74, 6) is 0.0332. The van der Waals surface area contributed by atoms with Crippen LogP contribution >= 0.6 is 11.8 Å². The highest BCUT2D eigenvalue weighted by Crippen LogP contribution is 2.11. The molecule has 2 unspecified atom stereocenters. The average molecular weight is 191 g/mol. The second-order valence-corrected chi connectivity index (χ2v) is 3.98. The lowest BCUT2D eigenvalue weighted by Crippen LogP contribution is -2.25. The van der Waals surface area contributed by atoms with Gasteiger partial charge >= 0.3 is 0 Å². The van der Waals surface area contributed by atoms with E-state index in [1.54, 1.807) is 11.8 Å². The zero-order valence-corrected chi connectivity index (χ0v) is 8.34. The molecule has 5 heteroatoms. The summed E-state index contributed by atoms with van der Waals surface area (Å²) in [6.45, 7) is 2.36. The van der Waals surface area contributed by atoms with Gasteiger partial charge in [-0.1, -0.05) is 6.92 Å². The highest BCUT2D eigenvalue weighted by molar-refractivity contribution is 7.99. The molecule has 0 aromatic rings. The Kier molecular flexibility index (Phi) is 5.92. The van der Waals surface area contributed by atoms with Gasteiger partial charge in [0.1, 0.15) is 0 Å². The SMILES string of the molecule is CSC(C)CC(O)CN=C(N)N. The molecule has 0 aliphatic carbocycles. The van der Waals surface area contributed by atoms with Crippen LogP contribution in [0, 0.1) is 0 Å².